The zero-order valence-electron chi connectivity index (χ0n) is 39.8. The first-order chi connectivity index (χ1) is 32.7. The van der Waals surface area contributed by atoms with Crippen LogP contribution in [0.1, 0.15) is 114 Å². The summed E-state index contributed by atoms with van der Waals surface area (Å²) in [5, 5.41) is 6.22. The molecular formula is C51H60ClF2N4O10P. The van der Waals surface area contributed by atoms with Gasteiger partial charge in [0.15, 0.2) is 11.5 Å². The maximum Gasteiger partial charge on any atom is 0.404 e. The number of unbranched alkanes of at least 4 members (excludes halogenated alkanes) is 2. The minimum atomic E-state index is -5.05. The summed E-state index contributed by atoms with van der Waals surface area (Å²) in [5.74, 6) is -0.638. The van der Waals surface area contributed by atoms with Crippen molar-refractivity contribution < 1.29 is 55.8 Å². The van der Waals surface area contributed by atoms with Crippen molar-refractivity contribution in [2.75, 3.05) is 13.3 Å². The molecule has 0 spiro atoms. The smallest absolute Gasteiger partial charge is 0.404 e. The number of alkyl halides is 2. The summed E-state index contributed by atoms with van der Waals surface area (Å²) < 4.78 is 73.4. The van der Waals surface area contributed by atoms with Crippen molar-refractivity contribution in [3.63, 3.8) is 0 Å². The summed E-state index contributed by atoms with van der Waals surface area (Å²) in [5.41, 5.74) is -3.16. The van der Waals surface area contributed by atoms with Gasteiger partial charge >= 0.3 is 25.3 Å². The first-order valence-electron chi connectivity index (χ1n) is 22.9. The Balaban J connectivity index is 1.23. The third-order valence-electron chi connectivity index (χ3n) is 10.9. The minimum Gasteiger partial charge on any atom is -0.457 e. The van der Waals surface area contributed by atoms with Gasteiger partial charge in [0, 0.05) is 41.8 Å². The van der Waals surface area contributed by atoms with Crippen molar-refractivity contribution in [2.24, 2.45) is 0 Å². The van der Waals surface area contributed by atoms with E-state index in [9.17, 15) is 23.7 Å². The molecule has 69 heavy (non-hydrogen) atoms. The number of esters is 1. The van der Waals surface area contributed by atoms with E-state index in [1.54, 1.807) is 63.2 Å². The number of benzene rings is 4. The molecule has 0 saturated heterocycles. The fourth-order valence-electron chi connectivity index (χ4n) is 7.77. The monoisotopic (exact) mass is 992 g/mol. The minimum absolute atomic E-state index is 0.0167. The van der Waals surface area contributed by atoms with Crippen LogP contribution in [0.4, 0.5) is 13.6 Å². The molecule has 4 aromatic rings. The average Bonchev–Trinajstić information content (AvgIpc) is 3.76. The fourth-order valence-corrected chi connectivity index (χ4v) is 9.90. The van der Waals surface area contributed by atoms with Crippen LogP contribution in [0.2, 0.25) is 5.02 Å². The van der Waals surface area contributed by atoms with Gasteiger partial charge in [-0.3, -0.25) is 14.2 Å². The maximum absolute atomic E-state index is 16.2. The summed E-state index contributed by atoms with van der Waals surface area (Å²) in [7, 11) is -5.05. The number of nitrogens with one attached hydrogen (secondary N) is 2. The lowest BCUT2D eigenvalue weighted by Crippen LogP contribution is -2.49. The summed E-state index contributed by atoms with van der Waals surface area (Å²) in [6.07, 6.45) is 0.984. The van der Waals surface area contributed by atoms with Crippen molar-refractivity contribution in [3.8, 4) is 11.5 Å². The number of urea groups is 1. The largest absolute Gasteiger partial charge is 0.457 e. The molecule has 2 N–H and O–H groups in total. The van der Waals surface area contributed by atoms with Crippen LogP contribution < -0.4 is 20.1 Å². The molecule has 370 valence electrons. The second-order valence-electron chi connectivity index (χ2n) is 18.4. The molecule has 4 amide bonds. The Morgan fingerprint density at radius 2 is 1.52 bits per heavy atom. The number of fused-ring (bicyclic) bond motifs is 1. The van der Waals surface area contributed by atoms with Gasteiger partial charge in [-0.2, -0.15) is 8.78 Å². The molecule has 4 aromatic carbocycles. The van der Waals surface area contributed by atoms with Crippen molar-refractivity contribution in [1.82, 2.24) is 20.4 Å². The Morgan fingerprint density at radius 1 is 0.870 bits per heavy atom. The predicted octanol–water partition coefficient (Wildman–Crippen LogP) is 11.1. The van der Waals surface area contributed by atoms with Gasteiger partial charge in [-0.25, -0.2) is 9.59 Å². The Kier molecular flexibility index (Phi) is 17.3. The van der Waals surface area contributed by atoms with E-state index < -0.39 is 72.5 Å². The summed E-state index contributed by atoms with van der Waals surface area (Å²) in [4.78, 5) is 58.9. The zero-order chi connectivity index (χ0) is 50.1. The van der Waals surface area contributed by atoms with Crippen LogP contribution in [0, 0.1) is 0 Å². The molecule has 2 unspecified atom stereocenters. The number of hydrogen-bond donors (Lipinski definition) is 2. The second kappa shape index (κ2) is 22.7. The quantitative estimate of drug-likeness (QED) is 0.0467. The van der Waals surface area contributed by atoms with Crippen molar-refractivity contribution in [2.45, 2.75) is 123 Å². The van der Waals surface area contributed by atoms with Gasteiger partial charge in [0.1, 0.15) is 12.6 Å². The third kappa shape index (κ3) is 13.5. The topological polar surface area (TPSA) is 162 Å². The van der Waals surface area contributed by atoms with Crippen LogP contribution in [-0.2, 0) is 51.5 Å². The molecule has 2 aliphatic heterocycles. The number of carbonyl (C=O) groups excluding carboxylic acids is 4. The van der Waals surface area contributed by atoms with Crippen LogP contribution in [0.15, 0.2) is 109 Å². The molecular weight excluding hydrogens is 933 g/mol. The molecule has 6 rings (SSSR count). The standard InChI is InChI=1S/C51H60ClF2N4O10P/c1-33(2)67-69(63,68-34(3)4)51(53,54)38-24-22-37(23-25-38)46(47(60)56-50(5,6)7)58(29-36-21-26-42-43(28-36)66-32-65-42)44(59)20-12-9-15-27-57-30-40(48(61)64-31-35-16-10-8-11-17-35)45(55-49(57)62)39-18-13-14-19-41(39)52/h8,10-11,13-14,16-19,21-26,28,30,33-34,45-46H,9,12,15,20,27,29,31-32H2,1-7H3,(H,55,62)(H,56,60). The first-order valence-corrected chi connectivity index (χ1v) is 24.8. The van der Waals surface area contributed by atoms with Crippen molar-refractivity contribution in [1.29, 1.82) is 0 Å². The lowest BCUT2D eigenvalue weighted by Gasteiger charge is -2.34. The molecule has 0 fully saturated rings. The summed E-state index contributed by atoms with van der Waals surface area (Å²) >= 11 is 6.53. The zero-order valence-corrected chi connectivity index (χ0v) is 41.5. The van der Waals surface area contributed by atoms with E-state index in [0.717, 1.165) is 17.7 Å². The molecule has 0 radical (unpaired) electrons. The summed E-state index contributed by atoms with van der Waals surface area (Å²) in [6, 6.07) is 23.4. The van der Waals surface area contributed by atoms with Gasteiger partial charge in [0.25, 0.3) is 0 Å². The third-order valence-corrected chi connectivity index (χ3v) is 13.6. The predicted molar refractivity (Wildman–Crippen MR) is 256 cm³/mol. The number of hydrogen-bond acceptors (Lipinski definition) is 10. The lowest BCUT2D eigenvalue weighted by molar-refractivity contribution is -0.142. The number of amides is 4. The van der Waals surface area contributed by atoms with E-state index in [-0.39, 0.29) is 44.0 Å². The number of nitrogens with zero attached hydrogens (tertiary/aromatic N) is 2. The highest BCUT2D eigenvalue weighted by Crippen LogP contribution is 2.68. The van der Waals surface area contributed by atoms with Crippen LogP contribution in [0.3, 0.4) is 0 Å². The Bertz CT molecular complexity index is 2520. The number of ether oxygens (including phenoxy) is 3. The average molecular weight is 993 g/mol. The highest BCUT2D eigenvalue weighted by Gasteiger charge is 2.56. The van der Waals surface area contributed by atoms with E-state index in [2.05, 4.69) is 10.6 Å². The highest BCUT2D eigenvalue weighted by molar-refractivity contribution is 7.54. The number of halogens is 3. The van der Waals surface area contributed by atoms with Crippen molar-refractivity contribution >= 4 is 43.0 Å². The Labute approximate surface area is 407 Å². The van der Waals surface area contributed by atoms with Crippen LogP contribution in [0.25, 0.3) is 0 Å². The number of rotatable bonds is 21. The molecule has 18 heteroatoms. The Hall–Kier alpha value is -5.80. The van der Waals surface area contributed by atoms with Gasteiger partial charge in [-0.05, 0) is 102 Å². The van der Waals surface area contributed by atoms with Gasteiger partial charge in [-0.1, -0.05) is 96.9 Å². The van der Waals surface area contributed by atoms with E-state index in [0.29, 0.717) is 46.9 Å². The SMILES string of the molecule is CC(C)OP(=O)(OC(C)C)C(F)(F)c1ccc(C(C(=O)NC(C)(C)C)N(Cc2ccc3c(c2)OCO3)C(=O)CCCCCN2C=C(C(=O)OCc3ccccc3)C(c3ccccc3Cl)NC2=O)cc1. The van der Waals surface area contributed by atoms with Gasteiger partial charge in [0.05, 0.1) is 23.8 Å². The summed E-state index contributed by atoms with van der Waals surface area (Å²) in [6.45, 7) is 11.4. The van der Waals surface area contributed by atoms with Crippen molar-refractivity contribution in [3.05, 3.63) is 142 Å². The molecule has 0 saturated carbocycles. The van der Waals surface area contributed by atoms with E-state index in [1.165, 1.54) is 55.8 Å². The van der Waals surface area contributed by atoms with Crippen LogP contribution in [0.5, 0.6) is 11.5 Å². The van der Waals surface area contributed by atoms with E-state index in [1.807, 2.05) is 30.3 Å². The first kappa shape index (κ1) is 52.6. The highest BCUT2D eigenvalue weighted by atomic mass is 35.5. The molecule has 2 atom stereocenters. The van der Waals surface area contributed by atoms with E-state index in [4.69, 9.17) is 34.9 Å². The molecule has 0 aromatic heterocycles. The normalized spacial score (nSPS) is 15.4. The Morgan fingerprint density at radius 3 is 2.17 bits per heavy atom. The molecule has 0 aliphatic carbocycles. The molecule has 2 aliphatic rings. The second-order valence-corrected chi connectivity index (χ2v) is 20.8. The van der Waals surface area contributed by atoms with Crippen LogP contribution in [-0.4, -0.2) is 64.7 Å². The maximum atomic E-state index is 16.2. The van der Waals surface area contributed by atoms with E-state index >= 15 is 8.78 Å². The van der Waals surface area contributed by atoms with Gasteiger partial charge < -0.3 is 43.7 Å². The molecule has 2 heterocycles. The fraction of sp³-hybridized carbons (Fsp3) is 0.412. The van der Waals surface area contributed by atoms with Gasteiger partial charge in [-0.15, -0.1) is 0 Å². The van der Waals surface area contributed by atoms with Gasteiger partial charge in [0.2, 0.25) is 18.6 Å². The lowest BCUT2D eigenvalue weighted by atomic mass is 9.97. The molecule has 14 nitrogen and oxygen atoms in total. The van der Waals surface area contributed by atoms with Crippen LogP contribution >= 0.6 is 19.2 Å². The number of carbonyl (C=O) groups is 4. The molecule has 0 bridgehead atoms.